The zero-order valence-corrected chi connectivity index (χ0v) is 16.1. The maximum Gasteiger partial charge on any atom is 0.213 e. The molecule has 1 fully saturated rings. The van der Waals surface area contributed by atoms with Crippen LogP contribution < -0.4 is 15.4 Å². The van der Waals surface area contributed by atoms with Gasteiger partial charge in [0.05, 0.1) is 19.4 Å². The third-order valence-corrected chi connectivity index (χ3v) is 4.86. The summed E-state index contributed by atoms with van der Waals surface area (Å²) in [5.74, 6) is 2.37. The second-order valence-electron chi connectivity index (χ2n) is 6.64. The minimum atomic E-state index is 0.208. The van der Waals surface area contributed by atoms with Gasteiger partial charge in [-0.05, 0) is 49.7 Å². The number of aromatic nitrogens is 1. The largest absolute Gasteiger partial charge is 0.481 e. The highest BCUT2D eigenvalue weighted by Gasteiger charge is 2.24. The summed E-state index contributed by atoms with van der Waals surface area (Å²) in [5.41, 5.74) is 1.09. The molecule has 27 heavy (non-hydrogen) atoms. The Bertz CT molecular complexity index is 711. The van der Waals surface area contributed by atoms with Crippen LogP contribution in [-0.4, -0.2) is 49.6 Å². The van der Waals surface area contributed by atoms with E-state index in [4.69, 9.17) is 9.15 Å². The number of rotatable bonds is 7. The summed E-state index contributed by atoms with van der Waals surface area (Å²) in [6, 6.07) is 8.10. The molecule has 7 nitrogen and oxygen atoms in total. The molecule has 1 aliphatic rings. The van der Waals surface area contributed by atoms with Crippen LogP contribution in [0.25, 0.3) is 0 Å². The minimum absolute atomic E-state index is 0.208. The van der Waals surface area contributed by atoms with Crippen LogP contribution in [0, 0.1) is 0 Å². The number of nitrogens with one attached hydrogen (secondary N) is 2. The number of aliphatic imine (C=N–C) groups is 1. The van der Waals surface area contributed by atoms with Gasteiger partial charge in [-0.2, -0.15) is 0 Å². The molecule has 1 unspecified atom stereocenters. The highest BCUT2D eigenvalue weighted by atomic mass is 16.5. The Morgan fingerprint density at radius 3 is 2.85 bits per heavy atom. The van der Waals surface area contributed by atoms with E-state index in [0.717, 1.165) is 36.9 Å². The zero-order valence-electron chi connectivity index (χ0n) is 16.1. The van der Waals surface area contributed by atoms with Gasteiger partial charge < -0.3 is 19.8 Å². The molecule has 1 atom stereocenters. The predicted molar refractivity (Wildman–Crippen MR) is 106 cm³/mol. The molecule has 0 bridgehead atoms. The van der Waals surface area contributed by atoms with Crippen LogP contribution in [0.1, 0.15) is 36.6 Å². The van der Waals surface area contributed by atoms with Crippen molar-refractivity contribution >= 4 is 5.96 Å². The molecule has 7 heteroatoms. The maximum atomic E-state index is 5.71. The van der Waals surface area contributed by atoms with E-state index < -0.39 is 0 Å². The van der Waals surface area contributed by atoms with Crippen molar-refractivity contribution in [3.05, 3.63) is 48.0 Å². The quantitative estimate of drug-likeness (QED) is 0.576. The van der Waals surface area contributed by atoms with Crippen LogP contribution in [0.2, 0.25) is 0 Å². The maximum absolute atomic E-state index is 5.71. The van der Waals surface area contributed by atoms with Gasteiger partial charge in [-0.3, -0.25) is 9.89 Å². The average Bonchev–Trinajstić information content (AvgIpc) is 3.26. The summed E-state index contributed by atoms with van der Waals surface area (Å²) in [4.78, 5) is 11.0. The number of pyridine rings is 1. The van der Waals surface area contributed by atoms with E-state index in [1.165, 1.54) is 19.3 Å². The monoisotopic (exact) mass is 371 g/mol. The first-order valence-electron chi connectivity index (χ1n) is 9.51. The van der Waals surface area contributed by atoms with Crippen LogP contribution in [0.4, 0.5) is 0 Å². The molecule has 1 saturated heterocycles. The van der Waals surface area contributed by atoms with Gasteiger partial charge in [-0.15, -0.1) is 0 Å². The highest BCUT2D eigenvalue weighted by Crippen LogP contribution is 2.24. The molecule has 0 aliphatic carbocycles. The van der Waals surface area contributed by atoms with Crippen molar-refractivity contribution in [2.45, 2.75) is 31.8 Å². The summed E-state index contributed by atoms with van der Waals surface area (Å²) >= 11 is 0. The molecule has 0 saturated carbocycles. The van der Waals surface area contributed by atoms with Crippen molar-refractivity contribution in [3.63, 3.8) is 0 Å². The van der Waals surface area contributed by atoms with Crippen molar-refractivity contribution in [1.29, 1.82) is 0 Å². The molecule has 0 amide bonds. The lowest BCUT2D eigenvalue weighted by Gasteiger charge is -2.33. The Kier molecular flexibility index (Phi) is 7.10. The van der Waals surface area contributed by atoms with Gasteiger partial charge in [0.25, 0.3) is 0 Å². The number of ether oxygens (including phenoxy) is 1. The fourth-order valence-electron chi connectivity index (χ4n) is 3.39. The van der Waals surface area contributed by atoms with E-state index in [1.807, 2.05) is 18.2 Å². The predicted octanol–water partition coefficient (Wildman–Crippen LogP) is 2.58. The molecule has 2 N–H and O–H groups in total. The van der Waals surface area contributed by atoms with E-state index in [9.17, 15) is 0 Å². The van der Waals surface area contributed by atoms with E-state index in [1.54, 1.807) is 26.6 Å². The Balaban J connectivity index is 1.57. The Morgan fingerprint density at radius 1 is 1.30 bits per heavy atom. The number of piperidine rings is 1. The molecular weight excluding hydrogens is 342 g/mol. The molecule has 2 aromatic heterocycles. The van der Waals surface area contributed by atoms with Crippen LogP contribution >= 0.6 is 0 Å². The number of likely N-dealkylation sites (tertiary alicyclic amines) is 1. The SMILES string of the molecule is CN=C(NCc1ccnc(OC)c1)NCC(c1ccco1)N1CCCCC1. The first kappa shape index (κ1) is 19.2. The number of hydrogen-bond acceptors (Lipinski definition) is 5. The molecule has 3 heterocycles. The summed E-state index contributed by atoms with van der Waals surface area (Å²) in [6.07, 6.45) is 7.29. The standard InChI is InChI=1S/C20H29N5O2/c1-21-20(23-14-16-8-9-22-19(13-16)26-2)24-15-17(18-7-6-12-27-18)25-10-4-3-5-11-25/h6-9,12-13,17H,3-5,10-11,14-15H2,1-2H3,(H2,21,23,24). The fourth-order valence-corrected chi connectivity index (χ4v) is 3.39. The van der Waals surface area contributed by atoms with Crippen molar-refractivity contribution in [2.75, 3.05) is 33.8 Å². The van der Waals surface area contributed by atoms with Crippen molar-refractivity contribution in [3.8, 4) is 5.88 Å². The third kappa shape index (κ3) is 5.47. The smallest absolute Gasteiger partial charge is 0.213 e. The molecule has 1 aliphatic heterocycles. The van der Waals surface area contributed by atoms with E-state index >= 15 is 0 Å². The molecule has 0 spiro atoms. The minimum Gasteiger partial charge on any atom is -0.481 e. The summed E-state index contributed by atoms with van der Waals surface area (Å²) < 4.78 is 10.9. The van der Waals surface area contributed by atoms with Crippen molar-refractivity contribution < 1.29 is 9.15 Å². The van der Waals surface area contributed by atoms with Crippen LogP contribution in [0.15, 0.2) is 46.1 Å². The molecular formula is C20H29N5O2. The van der Waals surface area contributed by atoms with E-state index in [0.29, 0.717) is 12.4 Å². The summed E-state index contributed by atoms with van der Waals surface area (Å²) in [6.45, 7) is 3.60. The Hall–Kier alpha value is -2.54. The molecule has 0 aromatic carbocycles. The number of guanidine groups is 1. The van der Waals surface area contributed by atoms with Gasteiger partial charge in [0, 0.05) is 32.4 Å². The van der Waals surface area contributed by atoms with Gasteiger partial charge in [0.2, 0.25) is 5.88 Å². The third-order valence-electron chi connectivity index (χ3n) is 4.86. The molecule has 146 valence electrons. The summed E-state index contributed by atoms with van der Waals surface area (Å²) in [5, 5.41) is 6.79. The number of furan rings is 1. The fraction of sp³-hybridized carbons (Fsp3) is 0.500. The zero-order chi connectivity index (χ0) is 18.9. The average molecular weight is 371 g/mol. The van der Waals surface area contributed by atoms with Crippen molar-refractivity contribution in [2.24, 2.45) is 4.99 Å². The lowest BCUT2D eigenvalue weighted by molar-refractivity contribution is 0.146. The lowest BCUT2D eigenvalue weighted by Crippen LogP contribution is -2.44. The van der Waals surface area contributed by atoms with Gasteiger partial charge in [0.15, 0.2) is 5.96 Å². The van der Waals surface area contributed by atoms with Crippen molar-refractivity contribution in [1.82, 2.24) is 20.5 Å². The Morgan fingerprint density at radius 2 is 2.15 bits per heavy atom. The topological polar surface area (TPSA) is 74.9 Å². The lowest BCUT2D eigenvalue weighted by atomic mass is 10.1. The van der Waals surface area contributed by atoms with E-state index in [2.05, 4.69) is 31.6 Å². The summed E-state index contributed by atoms with van der Waals surface area (Å²) in [7, 11) is 3.40. The highest BCUT2D eigenvalue weighted by molar-refractivity contribution is 5.79. The van der Waals surface area contributed by atoms with Crippen LogP contribution in [0.3, 0.4) is 0 Å². The van der Waals surface area contributed by atoms with Crippen LogP contribution in [0.5, 0.6) is 5.88 Å². The Labute approximate surface area is 160 Å². The van der Waals surface area contributed by atoms with Gasteiger partial charge in [-0.1, -0.05) is 6.42 Å². The van der Waals surface area contributed by atoms with Gasteiger partial charge in [0.1, 0.15) is 5.76 Å². The molecule has 3 rings (SSSR count). The first-order valence-corrected chi connectivity index (χ1v) is 9.51. The number of nitrogens with zero attached hydrogens (tertiary/aromatic N) is 3. The second-order valence-corrected chi connectivity index (χ2v) is 6.64. The normalized spacial score (nSPS) is 16.7. The van der Waals surface area contributed by atoms with Crippen LogP contribution in [-0.2, 0) is 6.54 Å². The number of methoxy groups -OCH3 is 1. The molecule has 0 radical (unpaired) electrons. The van der Waals surface area contributed by atoms with Gasteiger partial charge >= 0.3 is 0 Å². The first-order chi connectivity index (χ1) is 13.3. The van der Waals surface area contributed by atoms with E-state index in [-0.39, 0.29) is 6.04 Å². The second kappa shape index (κ2) is 9.97. The number of hydrogen-bond donors (Lipinski definition) is 2. The molecule has 2 aromatic rings. The van der Waals surface area contributed by atoms with Gasteiger partial charge in [-0.25, -0.2) is 4.98 Å².